The van der Waals surface area contributed by atoms with Crippen molar-refractivity contribution in [3.05, 3.63) is 83.3 Å². The van der Waals surface area contributed by atoms with Crippen LogP contribution >= 0.6 is 0 Å². The van der Waals surface area contributed by atoms with Crippen LogP contribution in [0.3, 0.4) is 0 Å². The van der Waals surface area contributed by atoms with Crippen LogP contribution in [0.2, 0.25) is 0 Å². The van der Waals surface area contributed by atoms with Crippen molar-refractivity contribution in [2.75, 3.05) is 24.4 Å². The minimum Gasteiger partial charge on any atom is -0.468 e. The van der Waals surface area contributed by atoms with Gasteiger partial charge in [-0.3, -0.25) is 14.4 Å². The molecule has 1 fully saturated rings. The van der Waals surface area contributed by atoms with Crippen molar-refractivity contribution in [2.45, 2.75) is 44.0 Å². The average molecular weight is 482 g/mol. The summed E-state index contributed by atoms with van der Waals surface area (Å²) in [6.45, 7) is 5.99. The molecule has 4 rings (SSSR count). The third-order valence-corrected chi connectivity index (χ3v) is 7.57. The first-order chi connectivity index (χ1) is 16.3. The molecule has 180 valence electrons. The zero-order chi connectivity index (χ0) is 24.1. The molecular formula is C26H31N3O4S. The highest BCUT2D eigenvalue weighted by Crippen LogP contribution is 2.25. The maximum atomic E-state index is 13.1. The molecule has 1 saturated heterocycles. The lowest BCUT2D eigenvalue weighted by Crippen LogP contribution is -2.40. The highest BCUT2D eigenvalue weighted by atomic mass is 32.2. The van der Waals surface area contributed by atoms with Crippen molar-refractivity contribution in [2.24, 2.45) is 0 Å². The van der Waals surface area contributed by atoms with Crippen LogP contribution in [0.15, 0.2) is 70.2 Å². The van der Waals surface area contributed by atoms with Gasteiger partial charge in [-0.1, -0.05) is 24.6 Å². The fraction of sp³-hybridized carbons (Fsp3) is 0.346. The number of aryl methyl sites for hydroxylation is 2. The van der Waals surface area contributed by atoms with Crippen LogP contribution in [-0.4, -0.2) is 38.9 Å². The molecule has 3 aromatic rings. The van der Waals surface area contributed by atoms with Crippen LogP contribution in [0, 0.1) is 13.8 Å². The number of likely N-dealkylation sites (tertiary alicyclic amines) is 1. The summed E-state index contributed by atoms with van der Waals surface area (Å²) >= 11 is 0. The monoisotopic (exact) mass is 481 g/mol. The number of nitrogens with zero attached hydrogens (tertiary/aromatic N) is 1. The highest BCUT2D eigenvalue weighted by molar-refractivity contribution is 7.92. The zero-order valence-electron chi connectivity index (χ0n) is 19.6. The lowest BCUT2D eigenvalue weighted by molar-refractivity contribution is 0.0913. The van der Waals surface area contributed by atoms with E-state index in [0.29, 0.717) is 23.4 Å². The number of nitrogens with one attached hydrogen (secondary N) is 2. The van der Waals surface area contributed by atoms with Gasteiger partial charge in [0, 0.05) is 17.8 Å². The van der Waals surface area contributed by atoms with Gasteiger partial charge in [-0.05, 0) is 87.3 Å². The van der Waals surface area contributed by atoms with E-state index in [1.165, 1.54) is 18.6 Å². The van der Waals surface area contributed by atoms with Crippen molar-refractivity contribution < 1.29 is 17.6 Å². The van der Waals surface area contributed by atoms with Crippen LogP contribution in [0.25, 0.3) is 0 Å². The molecule has 0 spiro atoms. The molecular weight excluding hydrogens is 450 g/mol. The smallest absolute Gasteiger partial charge is 0.261 e. The Labute approximate surface area is 201 Å². The summed E-state index contributed by atoms with van der Waals surface area (Å²) in [6.07, 6.45) is 5.11. The van der Waals surface area contributed by atoms with E-state index in [0.717, 1.165) is 37.3 Å². The Bertz CT molecular complexity index is 1230. The number of furan rings is 1. The number of carbonyl (C=O) groups is 1. The second kappa shape index (κ2) is 10.4. The first kappa shape index (κ1) is 24.0. The first-order valence-electron chi connectivity index (χ1n) is 11.6. The van der Waals surface area contributed by atoms with Gasteiger partial charge < -0.3 is 9.73 Å². The lowest BCUT2D eigenvalue weighted by Gasteiger charge is -2.33. The lowest BCUT2D eigenvalue weighted by atomic mass is 10.1. The van der Waals surface area contributed by atoms with Gasteiger partial charge in [0.05, 0.1) is 17.2 Å². The highest BCUT2D eigenvalue weighted by Gasteiger charge is 2.26. The van der Waals surface area contributed by atoms with E-state index in [2.05, 4.69) is 14.9 Å². The quantitative estimate of drug-likeness (QED) is 0.489. The van der Waals surface area contributed by atoms with E-state index in [9.17, 15) is 13.2 Å². The van der Waals surface area contributed by atoms with Gasteiger partial charge in [0.15, 0.2) is 0 Å². The van der Waals surface area contributed by atoms with Crippen LogP contribution in [0.5, 0.6) is 0 Å². The summed E-state index contributed by atoms with van der Waals surface area (Å²) in [5.41, 5.74) is 2.47. The molecule has 0 saturated carbocycles. The molecule has 1 amide bonds. The topological polar surface area (TPSA) is 91.6 Å². The number of hydrogen-bond donors (Lipinski definition) is 2. The Balaban J connectivity index is 1.51. The number of amides is 1. The molecule has 0 aliphatic carbocycles. The number of rotatable bonds is 8. The fourth-order valence-corrected chi connectivity index (χ4v) is 5.42. The number of anilines is 1. The number of hydrogen-bond acceptors (Lipinski definition) is 5. The maximum absolute atomic E-state index is 13.1. The Morgan fingerprint density at radius 1 is 1.03 bits per heavy atom. The maximum Gasteiger partial charge on any atom is 0.261 e. The van der Waals surface area contributed by atoms with Crippen molar-refractivity contribution in [1.29, 1.82) is 0 Å². The molecule has 2 aromatic carbocycles. The predicted molar refractivity (Wildman–Crippen MR) is 132 cm³/mol. The zero-order valence-corrected chi connectivity index (χ0v) is 20.4. The van der Waals surface area contributed by atoms with Crippen LogP contribution in [-0.2, 0) is 10.0 Å². The summed E-state index contributed by atoms with van der Waals surface area (Å²) in [5, 5.41) is 3.01. The molecule has 1 atom stereocenters. The van der Waals surface area contributed by atoms with Gasteiger partial charge in [-0.25, -0.2) is 8.42 Å². The first-order valence-corrected chi connectivity index (χ1v) is 13.1. The predicted octanol–water partition coefficient (Wildman–Crippen LogP) is 4.65. The minimum absolute atomic E-state index is 0.0448. The summed E-state index contributed by atoms with van der Waals surface area (Å²) in [7, 11) is -3.84. The van der Waals surface area contributed by atoms with Gasteiger partial charge in [0.25, 0.3) is 15.9 Å². The van der Waals surface area contributed by atoms with E-state index in [1.807, 2.05) is 25.1 Å². The third kappa shape index (κ3) is 5.69. The number of piperidine rings is 1. The Morgan fingerprint density at radius 3 is 2.53 bits per heavy atom. The summed E-state index contributed by atoms with van der Waals surface area (Å²) in [4.78, 5) is 15.5. The molecule has 0 unspecified atom stereocenters. The van der Waals surface area contributed by atoms with E-state index in [-0.39, 0.29) is 16.8 Å². The van der Waals surface area contributed by atoms with E-state index in [4.69, 9.17) is 4.42 Å². The molecule has 8 heteroatoms. The molecule has 1 aromatic heterocycles. The minimum atomic E-state index is -3.84. The van der Waals surface area contributed by atoms with Gasteiger partial charge >= 0.3 is 0 Å². The van der Waals surface area contributed by atoms with Crippen LogP contribution < -0.4 is 10.0 Å². The van der Waals surface area contributed by atoms with Gasteiger partial charge in [0.2, 0.25) is 0 Å². The summed E-state index contributed by atoms with van der Waals surface area (Å²) < 4.78 is 34.2. The SMILES string of the molecule is Cc1cccc(NS(=O)(=O)c2ccc(C)c(C(=O)NC[C@@H](c3ccco3)N3CCCCC3)c2)c1. The van der Waals surface area contributed by atoms with E-state index in [1.54, 1.807) is 37.5 Å². The largest absolute Gasteiger partial charge is 0.468 e. The van der Waals surface area contributed by atoms with Crippen LogP contribution in [0.1, 0.15) is 52.5 Å². The van der Waals surface area contributed by atoms with Gasteiger partial charge in [0.1, 0.15) is 5.76 Å². The van der Waals surface area contributed by atoms with E-state index < -0.39 is 10.0 Å². The van der Waals surface area contributed by atoms with Gasteiger partial charge in [-0.15, -0.1) is 0 Å². The summed E-state index contributed by atoms with van der Waals surface area (Å²) in [6, 6.07) is 15.5. The Hall–Kier alpha value is -3.10. The molecule has 0 radical (unpaired) electrons. The number of benzene rings is 2. The van der Waals surface area contributed by atoms with Crippen molar-refractivity contribution in [1.82, 2.24) is 10.2 Å². The summed E-state index contributed by atoms with van der Waals surface area (Å²) in [5.74, 6) is 0.510. The molecule has 1 aliphatic rings. The van der Waals surface area contributed by atoms with E-state index >= 15 is 0 Å². The number of sulfonamides is 1. The Kier molecular flexibility index (Phi) is 7.38. The second-order valence-corrected chi connectivity index (χ2v) is 10.5. The Morgan fingerprint density at radius 2 is 1.82 bits per heavy atom. The third-order valence-electron chi connectivity index (χ3n) is 6.19. The number of carbonyl (C=O) groups excluding carboxylic acids is 1. The second-order valence-electron chi connectivity index (χ2n) is 8.79. The molecule has 7 nitrogen and oxygen atoms in total. The van der Waals surface area contributed by atoms with Crippen LogP contribution in [0.4, 0.5) is 5.69 Å². The molecule has 0 bridgehead atoms. The molecule has 1 aliphatic heterocycles. The van der Waals surface area contributed by atoms with Crippen molar-refractivity contribution in [3.8, 4) is 0 Å². The average Bonchev–Trinajstić information content (AvgIpc) is 3.34. The van der Waals surface area contributed by atoms with Crippen molar-refractivity contribution in [3.63, 3.8) is 0 Å². The standard InChI is InChI=1S/C26H31N3O4S/c1-19-8-6-9-21(16-19)28-34(31,32)22-12-11-20(2)23(17-22)26(30)27-18-24(25-10-7-15-33-25)29-13-4-3-5-14-29/h6-12,15-17,24,28H,3-5,13-14,18H2,1-2H3,(H,27,30)/t24-/m0/s1. The van der Waals surface area contributed by atoms with Crippen molar-refractivity contribution >= 4 is 21.6 Å². The molecule has 34 heavy (non-hydrogen) atoms. The normalized spacial score (nSPS) is 15.6. The molecule has 2 heterocycles. The molecule has 2 N–H and O–H groups in total. The van der Waals surface area contributed by atoms with Gasteiger partial charge in [-0.2, -0.15) is 0 Å². The fourth-order valence-electron chi connectivity index (χ4n) is 4.34.